The van der Waals surface area contributed by atoms with Gasteiger partial charge in [0.1, 0.15) is 5.82 Å². The molecule has 0 amide bonds. The molecule has 114 valence electrons. The van der Waals surface area contributed by atoms with E-state index in [1.807, 2.05) is 38.9 Å². The first-order valence-corrected chi connectivity index (χ1v) is 8.30. The lowest BCUT2D eigenvalue weighted by Gasteiger charge is -2.12. The van der Waals surface area contributed by atoms with Crippen molar-refractivity contribution in [1.82, 2.24) is 15.5 Å². The molecule has 21 heavy (non-hydrogen) atoms. The molecule has 0 fully saturated rings. The van der Waals surface area contributed by atoms with Crippen LogP contribution >= 0.6 is 23.1 Å². The topological polar surface area (TPSA) is 41.1 Å². The highest BCUT2D eigenvalue weighted by Crippen LogP contribution is 2.35. The molecule has 1 heterocycles. The minimum atomic E-state index is -0.189. The Morgan fingerprint density at radius 1 is 1.33 bits per heavy atom. The number of benzene rings is 1. The second kappa shape index (κ2) is 7.20. The molecule has 0 spiro atoms. The zero-order valence-electron chi connectivity index (χ0n) is 12.6. The Kier molecular flexibility index (Phi) is 5.55. The van der Waals surface area contributed by atoms with Gasteiger partial charge in [-0.15, -0.1) is 10.2 Å². The molecule has 0 saturated heterocycles. The van der Waals surface area contributed by atoms with E-state index in [-0.39, 0.29) is 5.82 Å². The lowest BCUT2D eigenvalue weighted by Crippen LogP contribution is -2.22. The van der Waals surface area contributed by atoms with E-state index in [0.29, 0.717) is 18.2 Å². The van der Waals surface area contributed by atoms with E-state index >= 15 is 0 Å². The third-order valence-electron chi connectivity index (χ3n) is 2.74. The van der Waals surface area contributed by atoms with E-state index in [9.17, 15) is 4.39 Å². The van der Waals surface area contributed by atoms with Gasteiger partial charge in [0, 0.05) is 37.1 Å². The first kappa shape index (κ1) is 16.2. The van der Waals surface area contributed by atoms with Crippen LogP contribution in [0.25, 0.3) is 0 Å². The molecule has 4 nitrogen and oxygen atoms in total. The molecule has 0 aliphatic heterocycles. The quantitative estimate of drug-likeness (QED) is 0.881. The van der Waals surface area contributed by atoms with Gasteiger partial charge in [0.2, 0.25) is 5.13 Å². The second-order valence-corrected chi connectivity index (χ2v) is 7.34. The fourth-order valence-corrected chi connectivity index (χ4v) is 3.50. The van der Waals surface area contributed by atoms with E-state index in [2.05, 4.69) is 15.5 Å². The van der Waals surface area contributed by atoms with Crippen molar-refractivity contribution in [3.63, 3.8) is 0 Å². The summed E-state index contributed by atoms with van der Waals surface area (Å²) in [6, 6.07) is 5.45. The van der Waals surface area contributed by atoms with Crippen molar-refractivity contribution < 1.29 is 4.39 Å². The maximum atomic E-state index is 14.0. The minimum absolute atomic E-state index is 0.189. The molecule has 1 aromatic heterocycles. The summed E-state index contributed by atoms with van der Waals surface area (Å²) < 4.78 is 14.9. The van der Waals surface area contributed by atoms with Gasteiger partial charge in [0.05, 0.1) is 0 Å². The van der Waals surface area contributed by atoms with Crippen LogP contribution in [-0.2, 0) is 6.54 Å². The van der Waals surface area contributed by atoms with E-state index in [4.69, 9.17) is 0 Å². The highest BCUT2D eigenvalue weighted by Gasteiger charge is 2.13. The number of nitrogens with zero attached hydrogens (tertiary/aromatic N) is 3. The second-order valence-electron chi connectivity index (χ2n) is 5.10. The SMILES string of the molecule is CC(C)NCc1c(F)cccc1Sc1nnc(N(C)C)s1. The molecule has 2 aromatic rings. The fourth-order valence-electron chi connectivity index (χ4n) is 1.63. The van der Waals surface area contributed by atoms with Crippen molar-refractivity contribution in [2.75, 3.05) is 19.0 Å². The van der Waals surface area contributed by atoms with Crippen molar-refractivity contribution in [3.8, 4) is 0 Å². The first-order valence-electron chi connectivity index (χ1n) is 6.67. The highest BCUT2D eigenvalue weighted by atomic mass is 32.2. The summed E-state index contributed by atoms with van der Waals surface area (Å²) in [6.45, 7) is 4.59. The molecule has 1 aromatic carbocycles. The zero-order valence-corrected chi connectivity index (χ0v) is 14.2. The van der Waals surface area contributed by atoms with Gasteiger partial charge in [-0.1, -0.05) is 43.0 Å². The Balaban J connectivity index is 2.20. The first-order chi connectivity index (χ1) is 9.97. The van der Waals surface area contributed by atoms with Gasteiger partial charge < -0.3 is 10.2 Å². The summed E-state index contributed by atoms with van der Waals surface area (Å²) in [5.41, 5.74) is 0.679. The molecular formula is C14H19FN4S2. The Labute approximate surface area is 132 Å². The van der Waals surface area contributed by atoms with Crippen LogP contribution < -0.4 is 10.2 Å². The smallest absolute Gasteiger partial charge is 0.208 e. The lowest BCUT2D eigenvalue weighted by atomic mass is 10.2. The zero-order chi connectivity index (χ0) is 15.4. The molecule has 0 aliphatic rings. The van der Waals surface area contributed by atoms with E-state index in [1.165, 1.54) is 29.2 Å². The molecule has 0 atom stereocenters. The van der Waals surface area contributed by atoms with Gasteiger partial charge in [-0.05, 0) is 12.1 Å². The average Bonchev–Trinajstić information content (AvgIpc) is 2.86. The summed E-state index contributed by atoms with van der Waals surface area (Å²) >= 11 is 2.96. The summed E-state index contributed by atoms with van der Waals surface area (Å²) in [5, 5.41) is 12.3. The van der Waals surface area contributed by atoms with Gasteiger partial charge >= 0.3 is 0 Å². The standard InChI is InChI=1S/C14H19FN4S2/c1-9(2)16-8-10-11(15)6-5-7-12(10)20-14-18-17-13(21-14)19(3)4/h5-7,9,16H,8H2,1-4H3. The molecule has 2 rings (SSSR count). The number of anilines is 1. The summed E-state index contributed by atoms with van der Waals surface area (Å²) in [6.07, 6.45) is 0. The molecule has 0 radical (unpaired) electrons. The summed E-state index contributed by atoms with van der Waals surface area (Å²) in [7, 11) is 3.85. The van der Waals surface area contributed by atoms with Crippen LogP contribution in [0.2, 0.25) is 0 Å². The maximum absolute atomic E-state index is 14.0. The average molecular weight is 326 g/mol. The fraction of sp³-hybridized carbons (Fsp3) is 0.429. The molecule has 0 unspecified atom stereocenters. The Hall–Kier alpha value is -1.18. The molecular weight excluding hydrogens is 307 g/mol. The lowest BCUT2D eigenvalue weighted by molar-refractivity contribution is 0.546. The number of aromatic nitrogens is 2. The Morgan fingerprint density at radius 2 is 2.10 bits per heavy atom. The molecule has 0 aliphatic carbocycles. The molecule has 0 saturated carbocycles. The molecule has 1 N–H and O–H groups in total. The summed E-state index contributed by atoms with van der Waals surface area (Å²) in [5.74, 6) is -0.189. The number of hydrogen-bond donors (Lipinski definition) is 1. The van der Waals surface area contributed by atoms with Gasteiger partial charge in [-0.2, -0.15) is 0 Å². The van der Waals surface area contributed by atoms with Crippen LogP contribution in [0.3, 0.4) is 0 Å². The van der Waals surface area contributed by atoms with Crippen LogP contribution in [0, 0.1) is 5.82 Å². The van der Waals surface area contributed by atoms with Crippen LogP contribution in [0.15, 0.2) is 27.4 Å². The van der Waals surface area contributed by atoms with Crippen molar-refractivity contribution in [2.24, 2.45) is 0 Å². The predicted molar refractivity (Wildman–Crippen MR) is 86.7 cm³/mol. The third kappa shape index (κ3) is 4.39. The minimum Gasteiger partial charge on any atom is -0.353 e. The largest absolute Gasteiger partial charge is 0.353 e. The van der Waals surface area contributed by atoms with Crippen molar-refractivity contribution >= 4 is 28.2 Å². The number of nitrogens with one attached hydrogen (secondary N) is 1. The van der Waals surface area contributed by atoms with Crippen molar-refractivity contribution in [3.05, 3.63) is 29.6 Å². The number of rotatable bonds is 6. The van der Waals surface area contributed by atoms with Crippen LogP contribution in [-0.4, -0.2) is 30.3 Å². The monoisotopic (exact) mass is 326 g/mol. The van der Waals surface area contributed by atoms with Gasteiger partial charge in [0.15, 0.2) is 4.34 Å². The molecule has 7 heteroatoms. The van der Waals surface area contributed by atoms with Gasteiger partial charge in [-0.3, -0.25) is 0 Å². The van der Waals surface area contributed by atoms with E-state index < -0.39 is 0 Å². The van der Waals surface area contributed by atoms with Crippen LogP contribution in [0.1, 0.15) is 19.4 Å². The van der Waals surface area contributed by atoms with Crippen molar-refractivity contribution in [2.45, 2.75) is 35.7 Å². The highest BCUT2D eigenvalue weighted by molar-refractivity contribution is 8.01. The predicted octanol–water partition coefficient (Wildman–Crippen LogP) is 3.39. The Bertz CT molecular complexity index is 598. The number of halogens is 1. The normalized spacial score (nSPS) is 11.1. The van der Waals surface area contributed by atoms with Gasteiger partial charge in [0.25, 0.3) is 0 Å². The molecule has 0 bridgehead atoms. The van der Waals surface area contributed by atoms with Crippen molar-refractivity contribution in [1.29, 1.82) is 0 Å². The summed E-state index contributed by atoms with van der Waals surface area (Å²) in [4.78, 5) is 2.79. The van der Waals surface area contributed by atoms with E-state index in [0.717, 1.165) is 14.4 Å². The van der Waals surface area contributed by atoms with Gasteiger partial charge in [-0.25, -0.2) is 4.39 Å². The van der Waals surface area contributed by atoms with E-state index in [1.54, 1.807) is 6.07 Å². The number of hydrogen-bond acceptors (Lipinski definition) is 6. The maximum Gasteiger partial charge on any atom is 0.208 e. The van der Waals surface area contributed by atoms with Crippen LogP contribution in [0.5, 0.6) is 0 Å². The Morgan fingerprint density at radius 3 is 2.71 bits per heavy atom. The third-order valence-corrected chi connectivity index (χ3v) is 4.98. The van der Waals surface area contributed by atoms with Crippen LogP contribution in [0.4, 0.5) is 9.52 Å².